The van der Waals surface area contributed by atoms with Crippen molar-refractivity contribution < 1.29 is 19.2 Å². The summed E-state index contributed by atoms with van der Waals surface area (Å²) in [6, 6.07) is 17.5. The summed E-state index contributed by atoms with van der Waals surface area (Å²) in [6.07, 6.45) is 3.10. The summed E-state index contributed by atoms with van der Waals surface area (Å²) >= 11 is 7.07. The maximum Gasteiger partial charge on any atom is 0.330 e. The molecule has 3 aromatic rings. The van der Waals surface area contributed by atoms with Crippen LogP contribution in [0.4, 0.5) is 5.69 Å². The number of halogens is 2. The SMILES string of the molecule is CCOC(=O)C=Cc1ccc(-c2cc(Br)c(Oc3ccc([N+](=O)[O-])cc3)c(Br)c2)cc1. The lowest BCUT2D eigenvalue weighted by atomic mass is 10.0. The summed E-state index contributed by atoms with van der Waals surface area (Å²) in [5.74, 6) is 0.673. The van der Waals surface area contributed by atoms with Crippen molar-refractivity contribution in [1.29, 1.82) is 0 Å². The van der Waals surface area contributed by atoms with E-state index in [9.17, 15) is 14.9 Å². The number of hydrogen-bond acceptors (Lipinski definition) is 5. The molecule has 0 unspecified atom stereocenters. The van der Waals surface area contributed by atoms with Crippen LogP contribution in [0.3, 0.4) is 0 Å². The molecule has 0 atom stereocenters. The highest BCUT2D eigenvalue weighted by atomic mass is 79.9. The first-order valence-corrected chi connectivity index (χ1v) is 10.8. The van der Waals surface area contributed by atoms with E-state index in [-0.39, 0.29) is 11.7 Å². The predicted molar refractivity (Wildman–Crippen MR) is 126 cm³/mol. The van der Waals surface area contributed by atoms with Gasteiger partial charge in [0.1, 0.15) is 5.75 Å². The van der Waals surface area contributed by atoms with Gasteiger partial charge in [-0.25, -0.2) is 4.79 Å². The molecule has 0 bridgehead atoms. The highest BCUT2D eigenvalue weighted by molar-refractivity contribution is 9.11. The van der Waals surface area contributed by atoms with Crippen molar-refractivity contribution in [1.82, 2.24) is 0 Å². The van der Waals surface area contributed by atoms with Crippen LogP contribution in [0, 0.1) is 10.1 Å². The fourth-order valence-electron chi connectivity index (χ4n) is 2.72. The number of rotatable bonds is 7. The number of benzene rings is 3. The molecular formula is C23H17Br2NO5. The van der Waals surface area contributed by atoms with E-state index in [2.05, 4.69) is 31.9 Å². The second-order valence-electron chi connectivity index (χ2n) is 6.33. The zero-order valence-electron chi connectivity index (χ0n) is 16.4. The van der Waals surface area contributed by atoms with Crippen molar-refractivity contribution >= 4 is 49.6 Å². The first-order chi connectivity index (χ1) is 14.9. The van der Waals surface area contributed by atoms with Gasteiger partial charge in [0.15, 0.2) is 5.75 Å². The van der Waals surface area contributed by atoms with Crippen molar-refractivity contribution in [2.45, 2.75) is 6.92 Å². The molecule has 0 saturated carbocycles. The number of non-ortho nitro benzene ring substituents is 1. The van der Waals surface area contributed by atoms with Gasteiger partial charge in [-0.2, -0.15) is 0 Å². The molecule has 3 rings (SSSR count). The van der Waals surface area contributed by atoms with Gasteiger partial charge in [0.2, 0.25) is 0 Å². The smallest absolute Gasteiger partial charge is 0.330 e. The highest BCUT2D eigenvalue weighted by Crippen LogP contribution is 2.40. The molecule has 3 aromatic carbocycles. The minimum Gasteiger partial charge on any atom is -0.463 e. The fourth-order valence-corrected chi connectivity index (χ4v) is 4.07. The second kappa shape index (κ2) is 10.4. The van der Waals surface area contributed by atoms with E-state index in [1.165, 1.54) is 18.2 Å². The van der Waals surface area contributed by atoms with Crippen molar-refractivity contribution in [2.24, 2.45) is 0 Å². The van der Waals surface area contributed by atoms with Gasteiger partial charge in [0.05, 0.1) is 20.5 Å². The van der Waals surface area contributed by atoms with Gasteiger partial charge in [-0.15, -0.1) is 0 Å². The number of nitro benzene ring substituents is 1. The van der Waals surface area contributed by atoms with Gasteiger partial charge in [-0.1, -0.05) is 24.3 Å². The molecule has 0 fully saturated rings. The molecule has 0 N–H and O–H groups in total. The molecule has 0 spiro atoms. The quantitative estimate of drug-likeness (QED) is 0.136. The summed E-state index contributed by atoms with van der Waals surface area (Å²) in [5.41, 5.74) is 2.82. The van der Waals surface area contributed by atoms with Crippen LogP contribution in [0.25, 0.3) is 17.2 Å². The minimum atomic E-state index is -0.456. The predicted octanol–water partition coefficient (Wildman–Crippen LogP) is 7.16. The summed E-state index contributed by atoms with van der Waals surface area (Å²) in [7, 11) is 0. The van der Waals surface area contributed by atoms with E-state index >= 15 is 0 Å². The summed E-state index contributed by atoms with van der Waals surface area (Å²) in [6.45, 7) is 2.11. The highest BCUT2D eigenvalue weighted by Gasteiger charge is 2.12. The summed E-state index contributed by atoms with van der Waals surface area (Å²) < 4.78 is 12.2. The Balaban J connectivity index is 1.78. The average Bonchev–Trinajstić information content (AvgIpc) is 2.75. The third-order valence-electron chi connectivity index (χ3n) is 4.21. The lowest BCUT2D eigenvalue weighted by Gasteiger charge is -2.12. The van der Waals surface area contributed by atoms with Gasteiger partial charge in [0.25, 0.3) is 5.69 Å². The molecule has 0 aromatic heterocycles. The van der Waals surface area contributed by atoms with E-state index < -0.39 is 4.92 Å². The Morgan fingerprint density at radius 1 is 1.00 bits per heavy atom. The Labute approximate surface area is 195 Å². The topological polar surface area (TPSA) is 78.7 Å². The van der Waals surface area contributed by atoms with Crippen LogP contribution in [-0.2, 0) is 9.53 Å². The molecule has 0 aliphatic heterocycles. The number of carbonyl (C=O) groups excluding carboxylic acids is 1. The van der Waals surface area contributed by atoms with Gasteiger partial charge in [-0.3, -0.25) is 10.1 Å². The zero-order valence-corrected chi connectivity index (χ0v) is 19.6. The Morgan fingerprint density at radius 3 is 2.16 bits per heavy atom. The largest absolute Gasteiger partial charge is 0.463 e. The number of nitro groups is 1. The van der Waals surface area contributed by atoms with Crippen LogP contribution < -0.4 is 4.74 Å². The van der Waals surface area contributed by atoms with E-state index in [4.69, 9.17) is 9.47 Å². The van der Waals surface area contributed by atoms with E-state index in [0.29, 0.717) is 18.1 Å². The first-order valence-electron chi connectivity index (χ1n) is 9.24. The Bertz CT molecular complexity index is 1100. The minimum absolute atomic E-state index is 0.00127. The molecule has 158 valence electrons. The zero-order chi connectivity index (χ0) is 22.4. The van der Waals surface area contributed by atoms with Gasteiger partial charge in [-0.05, 0) is 85.8 Å². The van der Waals surface area contributed by atoms with E-state index in [1.54, 1.807) is 25.1 Å². The average molecular weight is 547 g/mol. The van der Waals surface area contributed by atoms with Crippen molar-refractivity contribution in [3.63, 3.8) is 0 Å². The third kappa shape index (κ3) is 6.02. The molecule has 31 heavy (non-hydrogen) atoms. The first kappa shape index (κ1) is 22.7. The number of carbonyl (C=O) groups is 1. The molecule has 0 amide bonds. The standard InChI is InChI=1S/C23H17Br2NO5/c1-2-30-22(27)12-5-15-3-6-16(7-4-15)17-13-20(24)23(21(25)14-17)31-19-10-8-18(9-11-19)26(28)29/h3-14H,2H2,1H3. The van der Waals surface area contributed by atoms with E-state index in [1.807, 2.05) is 36.4 Å². The molecular weight excluding hydrogens is 530 g/mol. The molecule has 0 aliphatic rings. The molecule has 0 saturated heterocycles. The van der Waals surface area contributed by atoms with Gasteiger partial charge in [0, 0.05) is 18.2 Å². The van der Waals surface area contributed by atoms with Crippen LogP contribution in [-0.4, -0.2) is 17.5 Å². The van der Waals surface area contributed by atoms with Crippen molar-refractivity contribution in [2.75, 3.05) is 6.61 Å². The van der Waals surface area contributed by atoms with Gasteiger partial charge < -0.3 is 9.47 Å². The lowest BCUT2D eigenvalue weighted by Crippen LogP contribution is -1.98. The summed E-state index contributed by atoms with van der Waals surface area (Å²) in [4.78, 5) is 21.8. The number of nitrogens with zero attached hydrogens (tertiary/aromatic N) is 1. The molecule has 6 nitrogen and oxygen atoms in total. The maximum absolute atomic E-state index is 11.4. The summed E-state index contributed by atoms with van der Waals surface area (Å²) in [5, 5.41) is 10.8. The van der Waals surface area contributed by atoms with Crippen LogP contribution in [0.2, 0.25) is 0 Å². The monoisotopic (exact) mass is 545 g/mol. The Morgan fingerprint density at radius 2 is 1.61 bits per heavy atom. The van der Waals surface area contributed by atoms with Crippen LogP contribution in [0.1, 0.15) is 12.5 Å². The van der Waals surface area contributed by atoms with Crippen LogP contribution in [0.5, 0.6) is 11.5 Å². The van der Waals surface area contributed by atoms with Crippen LogP contribution >= 0.6 is 31.9 Å². The molecule has 0 radical (unpaired) electrons. The number of esters is 1. The Kier molecular flexibility index (Phi) is 7.59. The molecule has 0 aliphatic carbocycles. The van der Waals surface area contributed by atoms with Crippen molar-refractivity contribution in [3.8, 4) is 22.6 Å². The van der Waals surface area contributed by atoms with Crippen molar-refractivity contribution in [3.05, 3.63) is 91.4 Å². The second-order valence-corrected chi connectivity index (χ2v) is 8.04. The maximum atomic E-state index is 11.4. The van der Waals surface area contributed by atoms with Crippen LogP contribution in [0.15, 0.2) is 75.7 Å². The number of hydrogen-bond donors (Lipinski definition) is 0. The van der Waals surface area contributed by atoms with E-state index in [0.717, 1.165) is 25.6 Å². The molecule has 8 heteroatoms. The lowest BCUT2D eigenvalue weighted by molar-refractivity contribution is -0.384. The number of ether oxygens (including phenoxy) is 2. The third-order valence-corrected chi connectivity index (χ3v) is 5.39. The fraction of sp³-hybridized carbons (Fsp3) is 0.0870. The van der Waals surface area contributed by atoms with Gasteiger partial charge >= 0.3 is 5.97 Å². The molecule has 0 heterocycles. The Hall–Kier alpha value is -2.97. The normalized spacial score (nSPS) is 10.8.